The molecule has 3 saturated carbocycles. The van der Waals surface area contributed by atoms with Gasteiger partial charge in [0.25, 0.3) is 5.92 Å². The minimum absolute atomic E-state index is 0.0487. The van der Waals surface area contributed by atoms with Crippen molar-refractivity contribution in [1.82, 2.24) is 25.1 Å². The molecule has 2 aromatic carbocycles. The monoisotopic (exact) mass is 597 g/mol. The molecular formula is C27H25F6N5O4. The van der Waals surface area contributed by atoms with E-state index in [1.165, 1.54) is 12.1 Å². The van der Waals surface area contributed by atoms with E-state index in [1.54, 1.807) is 12.1 Å². The summed E-state index contributed by atoms with van der Waals surface area (Å²) in [7, 11) is 0. The number of aliphatic hydroxyl groups excluding tert-OH is 1. The number of ether oxygens (including phenoxy) is 1. The van der Waals surface area contributed by atoms with Crippen LogP contribution in [0.5, 0.6) is 5.75 Å². The van der Waals surface area contributed by atoms with Crippen molar-refractivity contribution in [3.63, 3.8) is 0 Å². The first-order chi connectivity index (χ1) is 19.7. The third-order valence-electron chi connectivity index (χ3n) is 8.87. The number of aliphatic hydroxyl groups is 2. The SMILES string of the molecule is O=C(CO)N1CC(Oc2ccc(C34CC(C(F)(F)[C@](O)(Cn5cnnn5)c5ccc(F)cc5F)(C3)C4)cc2)C(F)(F)C1. The Morgan fingerprint density at radius 3 is 2.38 bits per heavy atom. The fourth-order valence-electron chi connectivity index (χ4n) is 6.75. The molecule has 224 valence electrons. The van der Waals surface area contributed by atoms with Crippen LogP contribution in [-0.2, 0) is 22.4 Å². The maximum atomic E-state index is 16.3. The maximum absolute atomic E-state index is 16.3. The van der Waals surface area contributed by atoms with Crippen LogP contribution in [0.3, 0.4) is 0 Å². The van der Waals surface area contributed by atoms with Crippen LogP contribution in [-0.4, -0.2) is 78.9 Å². The van der Waals surface area contributed by atoms with Crippen molar-refractivity contribution in [3.05, 3.63) is 71.6 Å². The van der Waals surface area contributed by atoms with E-state index in [1.807, 2.05) is 0 Å². The van der Waals surface area contributed by atoms with Gasteiger partial charge in [0, 0.05) is 17.0 Å². The van der Waals surface area contributed by atoms with E-state index in [-0.39, 0.29) is 25.0 Å². The van der Waals surface area contributed by atoms with Crippen molar-refractivity contribution in [1.29, 1.82) is 0 Å². The molecule has 9 nitrogen and oxygen atoms in total. The van der Waals surface area contributed by atoms with Crippen LogP contribution in [0.4, 0.5) is 26.3 Å². The number of alkyl halides is 4. The summed E-state index contributed by atoms with van der Waals surface area (Å²) >= 11 is 0. The lowest BCUT2D eigenvalue weighted by atomic mass is 9.30. The minimum atomic E-state index is -3.89. The lowest BCUT2D eigenvalue weighted by Crippen LogP contribution is -2.76. The zero-order chi connectivity index (χ0) is 30.1. The number of hydrogen-bond donors (Lipinski definition) is 2. The first-order valence-electron chi connectivity index (χ1n) is 13.0. The molecule has 2 heterocycles. The van der Waals surface area contributed by atoms with E-state index >= 15 is 8.78 Å². The fraction of sp³-hybridized carbons (Fsp3) is 0.481. The van der Waals surface area contributed by atoms with Crippen molar-refractivity contribution in [2.45, 2.75) is 54.8 Å². The second kappa shape index (κ2) is 9.39. The van der Waals surface area contributed by atoms with Crippen LogP contribution in [0.15, 0.2) is 48.8 Å². The van der Waals surface area contributed by atoms with Crippen LogP contribution >= 0.6 is 0 Å². The predicted molar refractivity (Wildman–Crippen MR) is 130 cm³/mol. The Hall–Kier alpha value is -3.72. The van der Waals surface area contributed by atoms with Crippen LogP contribution in [0, 0.1) is 17.0 Å². The Labute approximate surface area is 234 Å². The normalized spacial score (nSPS) is 27.6. The van der Waals surface area contributed by atoms with Crippen molar-refractivity contribution in [3.8, 4) is 5.75 Å². The van der Waals surface area contributed by atoms with Gasteiger partial charge in [0.2, 0.25) is 5.91 Å². The molecule has 2 bridgehead atoms. The Bertz CT molecular complexity index is 1490. The molecule has 1 amide bonds. The Morgan fingerprint density at radius 1 is 1.10 bits per heavy atom. The predicted octanol–water partition coefficient (Wildman–Crippen LogP) is 2.81. The van der Waals surface area contributed by atoms with Gasteiger partial charge >= 0.3 is 5.92 Å². The van der Waals surface area contributed by atoms with E-state index in [0.717, 1.165) is 28.0 Å². The molecule has 0 spiro atoms. The lowest BCUT2D eigenvalue weighted by Gasteiger charge is -2.74. The Morgan fingerprint density at radius 2 is 1.79 bits per heavy atom. The summed E-state index contributed by atoms with van der Waals surface area (Å²) in [5, 5.41) is 30.7. The number of carbonyl (C=O) groups excluding carboxylic acids is 1. The summed E-state index contributed by atoms with van der Waals surface area (Å²) in [6.45, 7) is -3.06. The first kappa shape index (κ1) is 28.4. The lowest BCUT2D eigenvalue weighted by molar-refractivity contribution is -0.347. The molecule has 3 aliphatic carbocycles. The molecule has 4 aliphatic rings. The summed E-state index contributed by atoms with van der Waals surface area (Å²) < 4.78 is 96.1. The zero-order valence-corrected chi connectivity index (χ0v) is 21.9. The molecule has 4 fully saturated rings. The highest BCUT2D eigenvalue weighted by Gasteiger charge is 2.82. The van der Waals surface area contributed by atoms with Gasteiger partial charge in [0.05, 0.1) is 19.6 Å². The molecule has 1 unspecified atom stereocenters. The summed E-state index contributed by atoms with van der Waals surface area (Å²) in [5.74, 6) is -10.3. The van der Waals surface area contributed by atoms with Gasteiger partial charge in [-0.3, -0.25) is 4.79 Å². The number of aromatic nitrogens is 4. The van der Waals surface area contributed by atoms with Gasteiger partial charge in [-0.2, -0.15) is 0 Å². The largest absolute Gasteiger partial charge is 0.482 e. The molecule has 42 heavy (non-hydrogen) atoms. The highest BCUT2D eigenvalue weighted by atomic mass is 19.3. The summed E-state index contributed by atoms with van der Waals surface area (Å²) in [5.41, 5.74) is -5.59. The first-order valence-corrected chi connectivity index (χ1v) is 13.0. The molecule has 1 aliphatic heterocycles. The number of rotatable bonds is 9. The van der Waals surface area contributed by atoms with E-state index in [4.69, 9.17) is 9.84 Å². The number of benzene rings is 2. The van der Waals surface area contributed by atoms with Crippen LogP contribution in [0.25, 0.3) is 0 Å². The number of hydrogen-bond acceptors (Lipinski definition) is 7. The molecule has 15 heteroatoms. The van der Waals surface area contributed by atoms with E-state index in [0.29, 0.717) is 11.6 Å². The van der Waals surface area contributed by atoms with Gasteiger partial charge in [-0.15, -0.1) is 5.10 Å². The molecule has 7 rings (SSSR count). The summed E-state index contributed by atoms with van der Waals surface area (Å²) in [6, 6.07) is 8.06. The topological polar surface area (TPSA) is 114 Å². The van der Waals surface area contributed by atoms with Gasteiger partial charge in [0.15, 0.2) is 11.7 Å². The van der Waals surface area contributed by atoms with Crippen molar-refractivity contribution in [2.24, 2.45) is 5.41 Å². The van der Waals surface area contributed by atoms with Gasteiger partial charge in [-0.25, -0.2) is 31.0 Å². The van der Waals surface area contributed by atoms with E-state index in [2.05, 4.69) is 15.5 Å². The van der Waals surface area contributed by atoms with Crippen molar-refractivity contribution >= 4 is 5.91 Å². The molecule has 2 atom stereocenters. The van der Waals surface area contributed by atoms with Crippen LogP contribution < -0.4 is 4.74 Å². The molecule has 1 aromatic heterocycles. The Balaban J connectivity index is 1.19. The standard InChI is InChI=1S/C27H25F6N5O4/c28-17-3-6-19(20(29)7-17)25(41,13-38-15-34-35-36-38)27(32,33)24-10-23(11-24,12-24)16-1-4-18(5-2-16)42-21-8-37(22(40)9-39)14-26(21,30)31/h1-7,15,21,39,41H,8-14H2/t21?,23?,24?,25-/m0/s1. The van der Waals surface area contributed by atoms with E-state index < -0.39 is 83.7 Å². The summed E-state index contributed by atoms with van der Waals surface area (Å²) in [6.07, 6.45) is -0.772. The van der Waals surface area contributed by atoms with Crippen molar-refractivity contribution in [2.75, 3.05) is 19.7 Å². The number of carbonyl (C=O) groups is 1. The van der Waals surface area contributed by atoms with Gasteiger partial charge in [0.1, 0.15) is 30.3 Å². The van der Waals surface area contributed by atoms with Gasteiger partial charge in [-0.1, -0.05) is 12.1 Å². The average Bonchev–Trinajstić information content (AvgIpc) is 3.49. The number of amides is 1. The quantitative estimate of drug-likeness (QED) is 0.365. The Kier molecular flexibility index (Phi) is 6.35. The second-order valence-electron chi connectivity index (χ2n) is 11.5. The van der Waals surface area contributed by atoms with E-state index in [9.17, 15) is 27.5 Å². The molecular weight excluding hydrogens is 572 g/mol. The molecule has 1 saturated heterocycles. The summed E-state index contributed by atoms with van der Waals surface area (Å²) in [4.78, 5) is 12.4. The number of likely N-dealkylation sites (tertiary alicyclic amines) is 1. The third-order valence-corrected chi connectivity index (χ3v) is 8.87. The van der Waals surface area contributed by atoms with Gasteiger partial charge in [-0.05, 0) is 64.9 Å². The second-order valence-corrected chi connectivity index (χ2v) is 11.5. The molecule has 0 radical (unpaired) electrons. The number of nitrogens with zero attached hydrogens (tertiary/aromatic N) is 5. The molecule has 3 aromatic rings. The molecule has 2 N–H and O–H groups in total. The van der Waals surface area contributed by atoms with Gasteiger partial charge < -0.3 is 19.8 Å². The third kappa shape index (κ3) is 4.15. The smallest absolute Gasteiger partial charge is 0.302 e. The van der Waals surface area contributed by atoms with Crippen LogP contribution in [0.1, 0.15) is 30.4 Å². The zero-order valence-electron chi connectivity index (χ0n) is 21.9. The number of halogens is 6. The fourth-order valence-corrected chi connectivity index (χ4v) is 6.75. The number of tetrazole rings is 1. The van der Waals surface area contributed by atoms with Crippen LogP contribution in [0.2, 0.25) is 0 Å². The highest BCUT2D eigenvalue weighted by molar-refractivity contribution is 5.77. The average molecular weight is 598 g/mol. The minimum Gasteiger partial charge on any atom is -0.482 e. The van der Waals surface area contributed by atoms with Crippen molar-refractivity contribution < 1.29 is 46.1 Å². The highest BCUT2D eigenvalue weighted by Crippen LogP contribution is 2.80. The maximum Gasteiger partial charge on any atom is 0.302 e.